The van der Waals surface area contributed by atoms with E-state index in [9.17, 15) is 9.59 Å². The molecule has 0 aromatic rings. The van der Waals surface area contributed by atoms with E-state index in [1.54, 1.807) is 6.92 Å². The van der Waals surface area contributed by atoms with E-state index in [4.69, 9.17) is 5.11 Å². The van der Waals surface area contributed by atoms with Gasteiger partial charge in [-0.05, 0) is 24.2 Å². The first-order chi connectivity index (χ1) is 7.86. The maximum Gasteiger partial charge on any atom is 0.314 e. The molecule has 0 heterocycles. The Balaban J connectivity index is 2.15. The van der Waals surface area contributed by atoms with Crippen molar-refractivity contribution in [2.24, 2.45) is 17.3 Å². The number of aliphatic carboxylic acids is 1. The molecule has 0 aromatic carbocycles. The molecule has 1 aliphatic carbocycles. The monoisotopic (exact) mass is 242 g/mol. The average molecular weight is 242 g/mol. The zero-order chi connectivity index (χ0) is 13.1. The molecule has 1 saturated carbocycles. The molecule has 5 nitrogen and oxygen atoms in total. The minimum atomic E-state index is -0.865. The minimum absolute atomic E-state index is 0.186. The number of carbonyl (C=O) groups excluding carboxylic acids is 1. The van der Waals surface area contributed by atoms with Gasteiger partial charge in [-0.3, -0.25) is 4.79 Å². The van der Waals surface area contributed by atoms with Crippen LogP contribution in [0.4, 0.5) is 4.79 Å². The number of hydrogen-bond acceptors (Lipinski definition) is 2. The van der Waals surface area contributed by atoms with E-state index in [0.29, 0.717) is 24.3 Å². The Kier molecular flexibility index (Phi) is 4.37. The lowest BCUT2D eigenvalue weighted by atomic mass is 10.1. The van der Waals surface area contributed by atoms with Crippen LogP contribution in [0.15, 0.2) is 0 Å². The largest absolute Gasteiger partial charge is 0.481 e. The second-order valence-electron chi connectivity index (χ2n) is 5.42. The van der Waals surface area contributed by atoms with Crippen LogP contribution in [-0.2, 0) is 4.79 Å². The van der Waals surface area contributed by atoms with Crippen molar-refractivity contribution in [2.75, 3.05) is 13.1 Å². The standard InChI is InChI=1S/C12H22N2O3/c1-4-8(10(15)16)6-13-11(17)14-7-9-5-12(9,2)3/h8-9H,4-7H2,1-3H3,(H,15,16)(H2,13,14,17). The van der Waals surface area contributed by atoms with E-state index in [1.807, 2.05) is 0 Å². The molecule has 1 rings (SSSR count). The fourth-order valence-corrected chi connectivity index (χ4v) is 1.83. The summed E-state index contributed by atoms with van der Waals surface area (Å²) in [4.78, 5) is 22.1. The third-order valence-electron chi connectivity index (χ3n) is 3.58. The first kappa shape index (κ1) is 13.8. The lowest BCUT2D eigenvalue weighted by Gasteiger charge is -2.12. The second-order valence-corrected chi connectivity index (χ2v) is 5.42. The highest BCUT2D eigenvalue weighted by Gasteiger charge is 2.45. The highest BCUT2D eigenvalue weighted by atomic mass is 16.4. The van der Waals surface area contributed by atoms with Gasteiger partial charge in [0.2, 0.25) is 0 Å². The minimum Gasteiger partial charge on any atom is -0.481 e. The lowest BCUT2D eigenvalue weighted by molar-refractivity contribution is -0.141. The number of urea groups is 1. The van der Waals surface area contributed by atoms with E-state index in [1.165, 1.54) is 0 Å². The Hall–Kier alpha value is -1.26. The van der Waals surface area contributed by atoms with E-state index in [2.05, 4.69) is 24.5 Å². The Morgan fingerprint density at radius 2 is 2.00 bits per heavy atom. The van der Waals surface area contributed by atoms with Crippen LogP contribution in [0.3, 0.4) is 0 Å². The Morgan fingerprint density at radius 1 is 1.41 bits per heavy atom. The first-order valence-corrected chi connectivity index (χ1v) is 6.11. The molecular formula is C12H22N2O3. The van der Waals surface area contributed by atoms with Gasteiger partial charge in [0, 0.05) is 13.1 Å². The Bertz CT molecular complexity index is 302. The summed E-state index contributed by atoms with van der Waals surface area (Å²) >= 11 is 0. The topological polar surface area (TPSA) is 78.4 Å². The summed E-state index contributed by atoms with van der Waals surface area (Å²) in [5.74, 6) is -0.816. The van der Waals surface area contributed by atoms with Crippen LogP contribution in [0.1, 0.15) is 33.6 Å². The molecule has 0 aromatic heterocycles. The summed E-state index contributed by atoms with van der Waals surface area (Å²) in [5, 5.41) is 14.2. The van der Waals surface area contributed by atoms with Crippen molar-refractivity contribution in [3.8, 4) is 0 Å². The van der Waals surface area contributed by atoms with Crippen molar-refractivity contribution in [1.82, 2.24) is 10.6 Å². The van der Waals surface area contributed by atoms with Gasteiger partial charge >= 0.3 is 12.0 Å². The maximum atomic E-state index is 11.4. The van der Waals surface area contributed by atoms with Crippen LogP contribution >= 0.6 is 0 Å². The third kappa shape index (κ3) is 4.24. The molecule has 98 valence electrons. The zero-order valence-electron chi connectivity index (χ0n) is 10.7. The molecule has 17 heavy (non-hydrogen) atoms. The summed E-state index contributed by atoms with van der Waals surface area (Å²) < 4.78 is 0. The number of rotatable bonds is 6. The predicted octanol–water partition coefficient (Wildman–Crippen LogP) is 1.44. The number of carboxylic acid groups (broad SMARTS) is 1. The summed E-state index contributed by atoms with van der Waals surface area (Å²) in [7, 11) is 0. The van der Waals surface area contributed by atoms with Gasteiger partial charge < -0.3 is 15.7 Å². The van der Waals surface area contributed by atoms with E-state index in [0.717, 1.165) is 6.42 Å². The van der Waals surface area contributed by atoms with Gasteiger partial charge in [0.15, 0.2) is 0 Å². The van der Waals surface area contributed by atoms with Crippen molar-refractivity contribution in [1.29, 1.82) is 0 Å². The SMILES string of the molecule is CCC(CNC(=O)NCC1CC1(C)C)C(=O)O. The molecule has 2 amide bonds. The third-order valence-corrected chi connectivity index (χ3v) is 3.58. The quantitative estimate of drug-likeness (QED) is 0.659. The second kappa shape index (κ2) is 5.38. The van der Waals surface area contributed by atoms with Gasteiger partial charge in [-0.15, -0.1) is 0 Å². The van der Waals surface area contributed by atoms with Gasteiger partial charge in [0.25, 0.3) is 0 Å². The summed E-state index contributed by atoms with van der Waals surface area (Å²) in [6.45, 7) is 7.00. The normalized spacial score (nSPS) is 22.6. The number of hydrogen-bond donors (Lipinski definition) is 3. The molecule has 1 aliphatic rings. The molecule has 3 N–H and O–H groups in total. The Morgan fingerprint density at radius 3 is 2.41 bits per heavy atom. The highest BCUT2D eigenvalue weighted by Crippen LogP contribution is 2.50. The van der Waals surface area contributed by atoms with Crippen LogP contribution in [0, 0.1) is 17.3 Å². The van der Waals surface area contributed by atoms with Crippen molar-refractivity contribution in [3.63, 3.8) is 0 Å². The highest BCUT2D eigenvalue weighted by molar-refractivity contribution is 5.75. The fraction of sp³-hybridized carbons (Fsp3) is 0.833. The first-order valence-electron chi connectivity index (χ1n) is 6.11. The fourth-order valence-electron chi connectivity index (χ4n) is 1.83. The predicted molar refractivity (Wildman–Crippen MR) is 64.7 cm³/mol. The van der Waals surface area contributed by atoms with Gasteiger partial charge in [-0.1, -0.05) is 20.8 Å². The van der Waals surface area contributed by atoms with Crippen molar-refractivity contribution in [2.45, 2.75) is 33.6 Å². The summed E-state index contributed by atoms with van der Waals surface area (Å²) in [6, 6.07) is -0.271. The molecule has 0 bridgehead atoms. The molecule has 5 heteroatoms. The van der Waals surface area contributed by atoms with Gasteiger partial charge in [-0.25, -0.2) is 4.79 Å². The molecule has 2 unspecified atom stereocenters. The molecule has 0 aliphatic heterocycles. The summed E-state index contributed by atoms with van der Waals surface area (Å²) in [6.07, 6.45) is 1.66. The lowest BCUT2D eigenvalue weighted by Crippen LogP contribution is -2.40. The number of carbonyl (C=O) groups is 2. The van der Waals surface area contributed by atoms with Crippen molar-refractivity contribution < 1.29 is 14.7 Å². The molecule has 0 spiro atoms. The van der Waals surface area contributed by atoms with E-state index < -0.39 is 11.9 Å². The molecule has 2 atom stereocenters. The van der Waals surface area contributed by atoms with Gasteiger partial charge in [-0.2, -0.15) is 0 Å². The van der Waals surface area contributed by atoms with Crippen molar-refractivity contribution in [3.05, 3.63) is 0 Å². The van der Waals surface area contributed by atoms with Gasteiger partial charge in [0.05, 0.1) is 5.92 Å². The van der Waals surface area contributed by atoms with Crippen LogP contribution in [0.25, 0.3) is 0 Å². The van der Waals surface area contributed by atoms with Crippen LogP contribution in [-0.4, -0.2) is 30.2 Å². The average Bonchev–Trinajstić information content (AvgIpc) is 2.84. The molecule has 0 saturated heterocycles. The molecule has 0 radical (unpaired) electrons. The maximum absolute atomic E-state index is 11.4. The van der Waals surface area contributed by atoms with Gasteiger partial charge in [0.1, 0.15) is 0 Å². The Labute approximate surface area is 102 Å². The zero-order valence-corrected chi connectivity index (χ0v) is 10.7. The van der Waals surface area contributed by atoms with Crippen LogP contribution in [0.2, 0.25) is 0 Å². The molecule has 1 fully saturated rings. The smallest absolute Gasteiger partial charge is 0.314 e. The summed E-state index contributed by atoms with van der Waals surface area (Å²) in [5.41, 5.74) is 0.348. The number of carboxylic acids is 1. The van der Waals surface area contributed by atoms with Crippen molar-refractivity contribution >= 4 is 12.0 Å². The number of nitrogens with one attached hydrogen (secondary N) is 2. The molecular weight excluding hydrogens is 220 g/mol. The van der Waals surface area contributed by atoms with E-state index in [-0.39, 0.29) is 12.6 Å². The van der Waals surface area contributed by atoms with E-state index >= 15 is 0 Å². The number of amides is 2. The van der Waals surface area contributed by atoms with Crippen LogP contribution < -0.4 is 10.6 Å². The van der Waals surface area contributed by atoms with Crippen LogP contribution in [0.5, 0.6) is 0 Å².